The van der Waals surface area contributed by atoms with Gasteiger partial charge in [0.15, 0.2) is 0 Å². The number of hydrogen-bond donors (Lipinski definition) is 0. The van der Waals surface area contributed by atoms with E-state index in [1.54, 1.807) is 0 Å². The van der Waals surface area contributed by atoms with Crippen molar-refractivity contribution in [3.8, 4) is 0 Å². The van der Waals surface area contributed by atoms with Gasteiger partial charge in [0.1, 0.15) is 0 Å². The lowest BCUT2D eigenvalue weighted by Crippen LogP contribution is -2.15. The lowest BCUT2D eigenvalue weighted by Gasteiger charge is -2.07. The van der Waals surface area contributed by atoms with E-state index in [4.69, 9.17) is 0 Å². The predicted molar refractivity (Wildman–Crippen MR) is 56.6 cm³/mol. The molecule has 1 heteroatoms. The van der Waals surface area contributed by atoms with Gasteiger partial charge in [-0.15, -0.1) is 0 Å². The molecule has 0 fully saturated rings. The standard InChI is InChI=1S/C10H22Si/c1-5-6-7-8-9-10-11(2,3)4/h9-10H,5-8H2,1-4H3/b10-9-. The van der Waals surface area contributed by atoms with Gasteiger partial charge in [0.2, 0.25) is 0 Å². The summed E-state index contributed by atoms with van der Waals surface area (Å²) in [6.07, 6.45) is 7.76. The Hall–Kier alpha value is -0.0431. The molecule has 0 heterocycles. The Morgan fingerprint density at radius 3 is 2.18 bits per heavy atom. The Morgan fingerprint density at radius 2 is 1.73 bits per heavy atom. The predicted octanol–water partition coefficient (Wildman–Crippen LogP) is 4.00. The molecule has 0 radical (unpaired) electrons. The third-order valence-electron chi connectivity index (χ3n) is 1.59. The largest absolute Gasteiger partial charge is 0.0989 e. The van der Waals surface area contributed by atoms with Crippen molar-refractivity contribution in [2.24, 2.45) is 0 Å². The smallest absolute Gasteiger partial charge is 0.0682 e. The molecule has 0 aliphatic rings. The molecule has 0 unspecified atom stereocenters. The van der Waals surface area contributed by atoms with Crippen LogP contribution in [0.1, 0.15) is 32.6 Å². The SMILES string of the molecule is CCCCC/C=C\[Si](C)(C)C. The highest BCUT2D eigenvalue weighted by Gasteiger charge is 2.05. The highest BCUT2D eigenvalue weighted by atomic mass is 28.3. The van der Waals surface area contributed by atoms with Crippen LogP contribution < -0.4 is 0 Å². The van der Waals surface area contributed by atoms with E-state index in [0.717, 1.165) is 0 Å². The Kier molecular flexibility index (Phi) is 5.57. The first-order chi connectivity index (χ1) is 5.06. The Bertz CT molecular complexity index is 109. The second-order valence-corrected chi connectivity index (χ2v) is 9.33. The van der Waals surface area contributed by atoms with Crippen molar-refractivity contribution in [1.82, 2.24) is 0 Å². The summed E-state index contributed by atoms with van der Waals surface area (Å²) in [4.78, 5) is 0. The van der Waals surface area contributed by atoms with Crippen LogP contribution in [0.25, 0.3) is 0 Å². The van der Waals surface area contributed by atoms with Gasteiger partial charge in [-0.2, -0.15) is 0 Å². The van der Waals surface area contributed by atoms with E-state index >= 15 is 0 Å². The molecule has 0 aromatic heterocycles. The van der Waals surface area contributed by atoms with Crippen LogP contribution in [-0.2, 0) is 0 Å². The van der Waals surface area contributed by atoms with E-state index in [1.165, 1.54) is 25.7 Å². The van der Waals surface area contributed by atoms with Gasteiger partial charge in [-0.3, -0.25) is 0 Å². The molecule has 11 heavy (non-hydrogen) atoms. The molecule has 0 spiro atoms. The summed E-state index contributed by atoms with van der Waals surface area (Å²) in [7, 11) is -0.898. The maximum absolute atomic E-state index is 2.45. The zero-order valence-corrected chi connectivity index (χ0v) is 9.48. The van der Waals surface area contributed by atoms with Gasteiger partial charge in [0, 0.05) is 0 Å². The molecule has 0 nitrogen and oxygen atoms in total. The summed E-state index contributed by atoms with van der Waals surface area (Å²) in [5, 5.41) is 0. The van der Waals surface area contributed by atoms with E-state index in [-0.39, 0.29) is 0 Å². The van der Waals surface area contributed by atoms with E-state index in [2.05, 4.69) is 38.3 Å². The lowest BCUT2D eigenvalue weighted by atomic mass is 10.2. The summed E-state index contributed by atoms with van der Waals surface area (Å²) in [5.74, 6) is 0. The molecular formula is C10H22Si. The van der Waals surface area contributed by atoms with Crippen LogP contribution in [0.3, 0.4) is 0 Å². The number of allylic oxidation sites excluding steroid dienone is 1. The zero-order chi connectivity index (χ0) is 8.74. The van der Waals surface area contributed by atoms with E-state index in [0.29, 0.717) is 0 Å². The first-order valence-electron chi connectivity index (χ1n) is 4.74. The summed E-state index contributed by atoms with van der Waals surface area (Å²) in [5.41, 5.74) is 2.45. The molecule has 66 valence electrons. The molecule has 0 aromatic rings. The molecule has 0 aliphatic carbocycles. The molecule has 0 saturated carbocycles. The molecule has 0 aromatic carbocycles. The molecule has 0 rings (SSSR count). The van der Waals surface area contributed by atoms with Gasteiger partial charge in [-0.1, -0.05) is 51.2 Å². The summed E-state index contributed by atoms with van der Waals surface area (Å²) >= 11 is 0. The number of unbranched alkanes of at least 4 members (excludes halogenated alkanes) is 3. The Morgan fingerprint density at radius 1 is 1.09 bits per heavy atom. The minimum Gasteiger partial charge on any atom is -0.0989 e. The monoisotopic (exact) mass is 170 g/mol. The van der Waals surface area contributed by atoms with Gasteiger partial charge in [-0.05, 0) is 12.8 Å². The second kappa shape index (κ2) is 5.59. The van der Waals surface area contributed by atoms with Crippen LogP contribution in [0.15, 0.2) is 11.8 Å². The van der Waals surface area contributed by atoms with Crippen LogP contribution in [0.4, 0.5) is 0 Å². The van der Waals surface area contributed by atoms with Gasteiger partial charge in [0.05, 0.1) is 8.07 Å². The van der Waals surface area contributed by atoms with Crippen molar-refractivity contribution in [3.05, 3.63) is 11.8 Å². The van der Waals surface area contributed by atoms with Gasteiger partial charge in [0.25, 0.3) is 0 Å². The summed E-state index contributed by atoms with van der Waals surface area (Å²) < 4.78 is 0. The minimum absolute atomic E-state index is 0.898. The first kappa shape index (κ1) is 11.0. The normalized spacial score (nSPS) is 12.7. The van der Waals surface area contributed by atoms with Crippen LogP contribution in [-0.4, -0.2) is 8.07 Å². The van der Waals surface area contributed by atoms with Crippen LogP contribution in [0, 0.1) is 0 Å². The van der Waals surface area contributed by atoms with Crippen LogP contribution in [0.5, 0.6) is 0 Å². The minimum atomic E-state index is -0.898. The van der Waals surface area contributed by atoms with E-state index in [1.807, 2.05) is 0 Å². The average Bonchev–Trinajstić information content (AvgIpc) is 1.85. The van der Waals surface area contributed by atoms with Gasteiger partial charge < -0.3 is 0 Å². The quantitative estimate of drug-likeness (QED) is 0.432. The molecule has 0 N–H and O–H groups in total. The fourth-order valence-corrected chi connectivity index (χ4v) is 1.82. The lowest BCUT2D eigenvalue weighted by molar-refractivity contribution is 0.729. The third-order valence-corrected chi connectivity index (χ3v) is 2.83. The maximum Gasteiger partial charge on any atom is 0.0682 e. The van der Waals surface area contributed by atoms with E-state index in [9.17, 15) is 0 Å². The third kappa shape index (κ3) is 9.96. The van der Waals surface area contributed by atoms with Crippen LogP contribution in [0.2, 0.25) is 19.6 Å². The first-order valence-corrected chi connectivity index (χ1v) is 8.31. The maximum atomic E-state index is 2.45. The molecule has 0 saturated heterocycles. The summed E-state index contributed by atoms with van der Waals surface area (Å²) in [6, 6.07) is 0. The summed E-state index contributed by atoms with van der Waals surface area (Å²) in [6.45, 7) is 9.39. The highest BCUT2D eigenvalue weighted by Crippen LogP contribution is 2.05. The Labute approximate surface area is 72.7 Å². The molecule has 0 bridgehead atoms. The zero-order valence-electron chi connectivity index (χ0n) is 8.48. The molecule has 0 atom stereocenters. The highest BCUT2D eigenvalue weighted by molar-refractivity contribution is 6.80. The van der Waals surface area contributed by atoms with Crippen molar-refractivity contribution < 1.29 is 0 Å². The fraction of sp³-hybridized carbons (Fsp3) is 0.800. The van der Waals surface area contributed by atoms with Crippen molar-refractivity contribution in [2.45, 2.75) is 52.2 Å². The molecule has 0 aliphatic heterocycles. The van der Waals surface area contributed by atoms with Crippen molar-refractivity contribution >= 4 is 8.07 Å². The van der Waals surface area contributed by atoms with Gasteiger partial charge >= 0.3 is 0 Å². The number of rotatable bonds is 5. The van der Waals surface area contributed by atoms with Crippen molar-refractivity contribution in [1.29, 1.82) is 0 Å². The topological polar surface area (TPSA) is 0 Å². The van der Waals surface area contributed by atoms with Crippen LogP contribution >= 0.6 is 0 Å². The van der Waals surface area contributed by atoms with Gasteiger partial charge in [-0.25, -0.2) is 0 Å². The Balaban J connectivity index is 3.30. The molecular weight excluding hydrogens is 148 g/mol. The second-order valence-electron chi connectivity index (χ2n) is 4.26. The van der Waals surface area contributed by atoms with E-state index < -0.39 is 8.07 Å². The van der Waals surface area contributed by atoms with Crippen molar-refractivity contribution in [2.75, 3.05) is 0 Å². The van der Waals surface area contributed by atoms with Crippen molar-refractivity contribution in [3.63, 3.8) is 0 Å². The average molecular weight is 170 g/mol. The number of hydrogen-bond acceptors (Lipinski definition) is 0. The fourth-order valence-electron chi connectivity index (χ4n) is 0.949. The molecule has 0 amide bonds.